The molecule has 0 spiro atoms. The third-order valence-electron chi connectivity index (χ3n) is 5.63. The summed E-state index contributed by atoms with van der Waals surface area (Å²) in [5, 5.41) is 0. The van der Waals surface area contributed by atoms with Gasteiger partial charge in [0.2, 0.25) is 5.88 Å². The normalized spacial score (nSPS) is 17.3. The van der Waals surface area contributed by atoms with E-state index in [0.29, 0.717) is 25.6 Å². The summed E-state index contributed by atoms with van der Waals surface area (Å²) in [4.78, 5) is 16.6. The van der Waals surface area contributed by atoms with Crippen molar-refractivity contribution in [1.29, 1.82) is 0 Å². The van der Waals surface area contributed by atoms with Crippen LogP contribution in [-0.2, 0) is 24.3 Å². The first-order valence-corrected chi connectivity index (χ1v) is 10.4. The van der Waals surface area contributed by atoms with Gasteiger partial charge >= 0.3 is 5.69 Å². The van der Waals surface area contributed by atoms with Gasteiger partial charge in [0, 0.05) is 24.8 Å². The zero-order valence-corrected chi connectivity index (χ0v) is 16.8. The van der Waals surface area contributed by atoms with E-state index in [2.05, 4.69) is 11.1 Å². The van der Waals surface area contributed by atoms with E-state index in [9.17, 15) is 4.79 Å². The summed E-state index contributed by atoms with van der Waals surface area (Å²) < 4.78 is 19.1. The predicted octanol–water partition coefficient (Wildman–Crippen LogP) is 3.60. The van der Waals surface area contributed by atoms with Crippen LogP contribution in [0.5, 0.6) is 11.6 Å². The average Bonchev–Trinajstić information content (AvgIpc) is 3.30. The molecule has 0 N–H and O–H groups in total. The highest BCUT2D eigenvalue weighted by molar-refractivity contribution is 5.67. The van der Waals surface area contributed by atoms with Gasteiger partial charge in [-0.15, -0.1) is 0 Å². The van der Waals surface area contributed by atoms with Crippen LogP contribution < -0.4 is 15.2 Å². The maximum absolute atomic E-state index is 12.5. The van der Waals surface area contributed by atoms with Gasteiger partial charge in [-0.25, -0.2) is 4.79 Å². The second-order valence-corrected chi connectivity index (χ2v) is 7.70. The van der Waals surface area contributed by atoms with Gasteiger partial charge in [0.25, 0.3) is 0 Å². The fourth-order valence-electron chi connectivity index (χ4n) is 4.04. The summed E-state index contributed by atoms with van der Waals surface area (Å²) >= 11 is 0. The zero-order valence-electron chi connectivity index (χ0n) is 16.8. The lowest BCUT2D eigenvalue weighted by Crippen LogP contribution is -2.29. The quantitative estimate of drug-likeness (QED) is 0.628. The SMILES string of the molecule is O=c1nc(OCC2CCCO2)cc2n1CCc1cc(OCc3ccccc3)ccc1-2. The number of hydrogen-bond donors (Lipinski definition) is 0. The molecule has 3 heterocycles. The molecule has 2 aliphatic rings. The molecule has 2 aliphatic heterocycles. The molecule has 1 unspecified atom stereocenters. The van der Waals surface area contributed by atoms with Gasteiger partial charge in [-0.05, 0) is 48.6 Å². The number of hydrogen-bond acceptors (Lipinski definition) is 5. The third kappa shape index (κ3) is 3.96. The summed E-state index contributed by atoms with van der Waals surface area (Å²) in [5.74, 6) is 1.19. The molecule has 0 radical (unpaired) electrons. The summed E-state index contributed by atoms with van der Waals surface area (Å²) in [6, 6.07) is 18.0. The second-order valence-electron chi connectivity index (χ2n) is 7.70. The van der Waals surface area contributed by atoms with Crippen molar-refractivity contribution in [3.63, 3.8) is 0 Å². The van der Waals surface area contributed by atoms with Gasteiger partial charge in [-0.3, -0.25) is 4.57 Å². The lowest BCUT2D eigenvalue weighted by molar-refractivity contribution is 0.0661. The molecule has 30 heavy (non-hydrogen) atoms. The highest BCUT2D eigenvalue weighted by atomic mass is 16.5. The van der Waals surface area contributed by atoms with E-state index >= 15 is 0 Å². The molecule has 1 aromatic heterocycles. The third-order valence-corrected chi connectivity index (χ3v) is 5.63. The molecule has 1 saturated heterocycles. The average molecular weight is 404 g/mol. The predicted molar refractivity (Wildman–Crippen MR) is 113 cm³/mol. The summed E-state index contributed by atoms with van der Waals surface area (Å²) in [7, 11) is 0. The maximum Gasteiger partial charge on any atom is 0.351 e. The number of fused-ring (bicyclic) bond motifs is 3. The Morgan fingerprint density at radius 3 is 2.83 bits per heavy atom. The van der Waals surface area contributed by atoms with E-state index in [1.807, 2.05) is 48.5 Å². The van der Waals surface area contributed by atoms with Gasteiger partial charge in [0.05, 0.1) is 11.8 Å². The zero-order chi connectivity index (χ0) is 20.3. The largest absolute Gasteiger partial charge is 0.489 e. The Bertz CT molecular complexity index is 1090. The van der Waals surface area contributed by atoms with Crippen molar-refractivity contribution < 1.29 is 14.2 Å². The van der Waals surface area contributed by atoms with Gasteiger partial charge in [0.1, 0.15) is 19.0 Å². The van der Waals surface area contributed by atoms with Crippen molar-refractivity contribution >= 4 is 0 Å². The van der Waals surface area contributed by atoms with Gasteiger partial charge in [-0.2, -0.15) is 4.98 Å². The molecule has 1 fully saturated rings. The van der Waals surface area contributed by atoms with Crippen LogP contribution in [0.2, 0.25) is 0 Å². The minimum absolute atomic E-state index is 0.0854. The molecule has 0 bridgehead atoms. The number of ether oxygens (including phenoxy) is 3. The number of rotatable bonds is 6. The molecule has 5 rings (SSSR count). The van der Waals surface area contributed by atoms with E-state index in [-0.39, 0.29) is 11.8 Å². The maximum atomic E-state index is 12.5. The fourth-order valence-corrected chi connectivity index (χ4v) is 4.04. The van der Waals surface area contributed by atoms with Gasteiger partial charge in [0.15, 0.2) is 0 Å². The molecular formula is C24H24N2O4. The summed E-state index contributed by atoms with van der Waals surface area (Å²) in [5.41, 5.74) is 3.88. The van der Waals surface area contributed by atoms with E-state index < -0.39 is 0 Å². The van der Waals surface area contributed by atoms with Crippen molar-refractivity contribution in [2.24, 2.45) is 0 Å². The molecular weight excluding hydrogens is 380 g/mol. The molecule has 0 amide bonds. The molecule has 2 aromatic carbocycles. The molecule has 0 aliphatic carbocycles. The van der Waals surface area contributed by atoms with Crippen molar-refractivity contribution in [2.45, 2.75) is 38.5 Å². The van der Waals surface area contributed by atoms with Crippen molar-refractivity contribution in [3.05, 3.63) is 76.2 Å². The lowest BCUT2D eigenvalue weighted by Gasteiger charge is -2.22. The monoisotopic (exact) mass is 404 g/mol. The fraction of sp³-hybridized carbons (Fsp3) is 0.333. The Balaban J connectivity index is 1.36. The van der Waals surface area contributed by atoms with Crippen LogP contribution in [0.4, 0.5) is 0 Å². The number of benzene rings is 2. The minimum atomic E-state index is -0.273. The van der Waals surface area contributed by atoms with Crippen LogP contribution in [0.1, 0.15) is 24.0 Å². The molecule has 3 aromatic rings. The smallest absolute Gasteiger partial charge is 0.351 e. The van der Waals surface area contributed by atoms with Gasteiger partial charge in [-0.1, -0.05) is 30.3 Å². The number of nitrogens with zero attached hydrogens (tertiary/aromatic N) is 2. The Morgan fingerprint density at radius 2 is 2.00 bits per heavy atom. The second kappa shape index (κ2) is 8.32. The van der Waals surface area contributed by atoms with E-state index in [1.165, 1.54) is 0 Å². The highest BCUT2D eigenvalue weighted by Crippen LogP contribution is 2.32. The Labute approximate surface area is 175 Å². The van der Waals surface area contributed by atoms with Crippen LogP contribution in [-0.4, -0.2) is 28.9 Å². The van der Waals surface area contributed by atoms with E-state index in [4.69, 9.17) is 14.2 Å². The first-order chi connectivity index (χ1) is 14.8. The van der Waals surface area contributed by atoms with Crippen LogP contribution in [0, 0.1) is 0 Å². The Morgan fingerprint density at radius 1 is 1.10 bits per heavy atom. The van der Waals surface area contributed by atoms with Crippen LogP contribution >= 0.6 is 0 Å². The topological polar surface area (TPSA) is 62.6 Å². The Kier molecular flexibility index (Phi) is 5.24. The standard InChI is InChI=1S/C24H24N2O4/c27-24-25-23(30-16-20-7-4-12-28-20)14-22-21-9-8-19(13-18(21)10-11-26(22)24)29-15-17-5-2-1-3-6-17/h1-3,5-6,8-9,13-14,20H,4,7,10-12,15-16H2. The first kappa shape index (κ1) is 18.9. The van der Waals surface area contributed by atoms with E-state index in [1.54, 1.807) is 4.57 Å². The lowest BCUT2D eigenvalue weighted by atomic mass is 9.97. The number of aromatic nitrogens is 2. The molecule has 6 heteroatoms. The van der Waals surface area contributed by atoms with Crippen LogP contribution in [0.25, 0.3) is 11.3 Å². The number of aryl methyl sites for hydroxylation is 1. The minimum Gasteiger partial charge on any atom is -0.489 e. The highest BCUT2D eigenvalue weighted by Gasteiger charge is 2.21. The first-order valence-electron chi connectivity index (χ1n) is 10.4. The molecule has 154 valence electrons. The Hall–Kier alpha value is -3.12. The van der Waals surface area contributed by atoms with Crippen molar-refractivity contribution in [1.82, 2.24) is 9.55 Å². The molecule has 0 saturated carbocycles. The van der Waals surface area contributed by atoms with Crippen LogP contribution in [0.3, 0.4) is 0 Å². The van der Waals surface area contributed by atoms with Crippen molar-refractivity contribution in [3.8, 4) is 22.9 Å². The van der Waals surface area contributed by atoms with Gasteiger partial charge < -0.3 is 14.2 Å². The van der Waals surface area contributed by atoms with E-state index in [0.717, 1.165) is 54.0 Å². The van der Waals surface area contributed by atoms with Crippen LogP contribution in [0.15, 0.2) is 59.4 Å². The summed E-state index contributed by atoms with van der Waals surface area (Å²) in [6.45, 7) is 2.33. The summed E-state index contributed by atoms with van der Waals surface area (Å²) in [6.07, 6.45) is 2.89. The molecule has 6 nitrogen and oxygen atoms in total. The molecule has 1 atom stereocenters. The van der Waals surface area contributed by atoms with Crippen molar-refractivity contribution in [2.75, 3.05) is 13.2 Å².